The Morgan fingerprint density at radius 2 is 1.74 bits per heavy atom. The third-order valence-electron chi connectivity index (χ3n) is 4.24. The largest absolute Gasteiger partial charge is 0.298 e. The SMILES string of the molecule is CCc1ccc(S(=O)(=O)NCCn2cnc(-c3ccccc3)cc2=O)cc1. The number of rotatable bonds is 7. The van der Waals surface area contributed by atoms with E-state index >= 15 is 0 Å². The summed E-state index contributed by atoms with van der Waals surface area (Å²) in [4.78, 5) is 16.8. The molecule has 6 nitrogen and oxygen atoms in total. The van der Waals surface area contributed by atoms with Crippen molar-refractivity contribution < 1.29 is 8.42 Å². The maximum absolute atomic E-state index is 12.3. The van der Waals surface area contributed by atoms with Crippen molar-refractivity contribution in [3.05, 3.63) is 82.9 Å². The monoisotopic (exact) mass is 383 g/mol. The van der Waals surface area contributed by atoms with Crippen LogP contribution in [0.2, 0.25) is 0 Å². The fourth-order valence-electron chi connectivity index (χ4n) is 2.65. The third kappa shape index (κ3) is 4.69. The van der Waals surface area contributed by atoms with Crippen LogP contribution in [0.3, 0.4) is 0 Å². The van der Waals surface area contributed by atoms with Crippen LogP contribution in [-0.4, -0.2) is 24.5 Å². The number of hydrogen-bond donors (Lipinski definition) is 1. The lowest BCUT2D eigenvalue weighted by Gasteiger charge is -2.09. The van der Waals surface area contributed by atoms with E-state index < -0.39 is 10.0 Å². The van der Waals surface area contributed by atoms with Gasteiger partial charge in [0.1, 0.15) is 0 Å². The summed E-state index contributed by atoms with van der Waals surface area (Å²) in [6.45, 7) is 2.31. The molecule has 0 saturated carbocycles. The van der Waals surface area contributed by atoms with E-state index in [4.69, 9.17) is 0 Å². The lowest BCUT2D eigenvalue weighted by Crippen LogP contribution is -2.30. The molecule has 2 aromatic carbocycles. The molecule has 0 unspecified atom stereocenters. The van der Waals surface area contributed by atoms with E-state index in [2.05, 4.69) is 9.71 Å². The van der Waals surface area contributed by atoms with Gasteiger partial charge in [0.2, 0.25) is 10.0 Å². The fourth-order valence-corrected chi connectivity index (χ4v) is 3.67. The Labute approximate surface area is 158 Å². The highest BCUT2D eigenvalue weighted by Gasteiger charge is 2.13. The number of benzene rings is 2. The Morgan fingerprint density at radius 1 is 1.04 bits per heavy atom. The molecular weight excluding hydrogens is 362 g/mol. The molecule has 0 aliphatic rings. The lowest BCUT2D eigenvalue weighted by molar-refractivity contribution is 0.569. The minimum atomic E-state index is -3.61. The van der Waals surface area contributed by atoms with Crippen LogP contribution in [0.25, 0.3) is 11.3 Å². The molecule has 0 radical (unpaired) electrons. The molecule has 140 valence electrons. The first-order valence-corrected chi connectivity index (χ1v) is 10.2. The van der Waals surface area contributed by atoms with Crippen LogP contribution in [0.4, 0.5) is 0 Å². The van der Waals surface area contributed by atoms with Gasteiger partial charge in [-0.15, -0.1) is 0 Å². The van der Waals surface area contributed by atoms with E-state index in [0.29, 0.717) is 5.69 Å². The van der Waals surface area contributed by atoms with Gasteiger partial charge in [0.05, 0.1) is 16.9 Å². The molecule has 0 saturated heterocycles. The minimum absolute atomic E-state index is 0.101. The van der Waals surface area contributed by atoms with Crippen molar-refractivity contribution in [3.8, 4) is 11.3 Å². The fraction of sp³-hybridized carbons (Fsp3) is 0.200. The van der Waals surface area contributed by atoms with Crippen LogP contribution >= 0.6 is 0 Å². The summed E-state index contributed by atoms with van der Waals surface area (Å²) >= 11 is 0. The van der Waals surface area contributed by atoms with Gasteiger partial charge in [0.25, 0.3) is 5.56 Å². The first kappa shape index (κ1) is 19.0. The summed E-state index contributed by atoms with van der Waals surface area (Å²) < 4.78 is 28.6. The van der Waals surface area contributed by atoms with Crippen LogP contribution < -0.4 is 10.3 Å². The van der Waals surface area contributed by atoms with E-state index in [9.17, 15) is 13.2 Å². The molecule has 1 aromatic heterocycles. The summed E-state index contributed by atoms with van der Waals surface area (Å²) in [6.07, 6.45) is 2.29. The molecule has 0 bridgehead atoms. The third-order valence-corrected chi connectivity index (χ3v) is 5.71. The summed E-state index contributed by atoms with van der Waals surface area (Å²) in [5.41, 5.74) is 2.30. The van der Waals surface area contributed by atoms with Crippen molar-refractivity contribution in [1.82, 2.24) is 14.3 Å². The van der Waals surface area contributed by atoms with Crippen LogP contribution in [0, 0.1) is 0 Å². The van der Waals surface area contributed by atoms with Gasteiger partial charge >= 0.3 is 0 Å². The van der Waals surface area contributed by atoms with Crippen LogP contribution in [0.1, 0.15) is 12.5 Å². The van der Waals surface area contributed by atoms with Gasteiger partial charge in [-0.25, -0.2) is 18.1 Å². The second kappa shape index (κ2) is 8.28. The van der Waals surface area contributed by atoms with Gasteiger partial charge in [-0.3, -0.25) is 9.36 Å². The van der Waals surface area contributed by atoms with Gasteiger partial charge in [-0.1, -0.05) is 49.4 Å². The zero-order valence-electron chi connectivity index (χ0n) is 15.0. The number of aromatic nitrogens is 2. The first-order chi connectivity index (χ1) is 13.0. The van der Waals surface area contributed by atoms with Gasteiger partial charge in [-0.2, -0.15) is 0 Å². The zero-order chi connectivity index (χ0) is 19.3. The number of hydrogen-bond acceptors (Lipinski definition) is 4. The molecule has 0 aliphatic carbocycles. The zero-order valence-corrected chi connectivity index (χ0v) is 15.8. The second-order valence-electron chi connectivity index (χ2n) is 6.07. The first-order valence-electron chi connectivity index (χ1n) is 8.70. The quantitative estimate of drug-likeness (QED) is 0.680. The van der Waals surface area contributed by atoms with Gasteiger partial charge in [0.15, 0.2) is 0 Å². The van der Waals surface area contributed by atoms with Crippen molar-refractivity contribution in [3.63, 3.8) is 0 Å². The summed E-state index contributed by atoms with van der Waals surface area (Å²) in [5, 5.41) is 0. The number of aryl methyl sites for hydroxylation is 1. The van der Waals surface area contributed by atoms with Crippen LogP contribution in [0.15, 0.2) is 76.7 Å². The minimum Gasteiger partial charge on any atom is -0.298 e. The van der Waals surface area contributed by atoms with Crippen molar-refractivity contribution in [2.45, 2.75) is 24.8 Å². The highest BCUT2D eigenvalue weighted by molar-refractivity contribution is 7.89. The molecule has 7 heteroatoms. The van der Waals surface area contributed by atoms with Crippen LogP contribution in [-0.2, 0) is 23.0 Å². The number of sulfonamides is 1. The van der Waals surface area contributed by atoms with Crippen LogP contribution in [0.5, 0.6) is 0 Å². The standard InChI is InChI=1S/C20H21N3O3S/c1-2-16-8-10-18(11-9-16)27(25,26)22-12-13-23-15-21-19(14-20(23)24)17-6-4-3-5-7-17/h3-11,14-15,22H,2,12-13H2,1H3. The van der Waals surface area contributed by atoms with Crippen molar-refractivity contribution in [2.75, 3.05) is 6.54 Å². The summed E-state index contributed by atoms with van der Waals surface area (Å²) in [7, 11) is -3.61. The van der Waals surface area contributed by atoms with E-state index in [1.54, 1.807) is 24.3 Å². The topological polar surface area (TPSA) is 81.1 Å². The molecule has 1 heterocycles. The highest BCUT2D eigenvalue weighted by atomic mass is 32.2. The van der Waals surface area contributed by atoms with E-state index in [1.165, 1.54) is 17.0 Å². The molecule has 27 heavy (non-hydrogen) atoms. The Balaban J connectivity index is 1.65. The average molecular weight is 383 g/mol. The Morgan fingerprint density at radius 3 is 2.37 bits per heavy atom. The van der Waals surface area contributed by atoms with E-state index in [-0.39, 0.29) is 23.5 Å². The summed E-state index contributed by atoms with van der Waals surface area (Å²) in [5.74, 6) is 0. The molecule has 0 fully saturated rings. The Kier molecular flexibility index (Phi) is 5.83. The van der Waals surface area contributed by atoms with Gasteiger partial charge in [-0.05, 0) is 24.1 Å². The van der Waals surface area contributed by atoms with Crippen molar-refractivity contribution in [2.24, 2.45) is 0 Å². The van der Waals surface area contributed by atoms with E-state index in [0.717, 1.165) is 17.5 Å². The Bertz CT molecular complexity index is 1060. The smallest absolute Gasteiger partial charge is 0.253 e. The van der Waals surface area contributed by atoms with Crippen molar-refractivity contribution in [1.29, 1.82) is 0 Å². The van der Waals surface area contributed by atoms with Crippen molar-refractivity contribution >= 4 is 10.0 Å². The highest BCUT2D eigenvalue weighted by Crippen LogP contribution is 2.13. The number of nitrogens with one attached hydrogen (secondary N) is 1. The normalized spacial score (nSPS) is 11.4. The maximum atomic E-state index is 12.3. The molecular formula is C20H21N3O3S. The van der Waals surface area contributed by atoms with Gasteiger partial charge < -0.3 is 0 Å². The predicted molar refractivity (Wildman–Crippen MR) is 105 cm³/mol. The van der Waals surface area contributed by atoms with E-state index in [1.807, 2.05) is 37.3 Å². The molecule has 1 N–H and O–H groups in total. The molecule has 3 aromatic rings. The van der Waals surface area contributed by atoms with Gasteiger partial charge in [0, 0.05) is 24.7 Å². The molecule has 0 atom stereocenters. The Hall–Kier alpha value is -2.77. The molecule has 0 amide bonds. The predicted octanol–water partition coefficient (Wildman–Crippen LogP) is 2.45. The summed E-state index contributed by atoms with van der Waals surface area (Å²) in [6, 6.07) is 17.6. The molecule has 3 rings (SSSR count). The maximum Gasteiger partial charge on any atom is 0.253 e. The number of nitrogens with zero attached hydrogens (tertiary/aromatic N) is 2. The molecule has 0 aliphatic heterocycles. The lowest BCUT2D eigenvalue weighted by atomic mass is 10.1. The average Bonchev–Trinajstić information content (AvgIpc) is 2.70. The molecule has 0 spiro atoms. The second-order valence-corrected chi connectivity index (χ2v) is 7.83.